The number of carbonyl (C=O) groups excluding carboxylic acids is 1. The second-order valence-electron chi connectivity index (χ2n) is 3.15. The summed E-state index contributed by atoms with van der Waals surface area (Å²) in [4.78, 5) is 11.1. The molecule has 1 rings (SSSR count). The topological polar surface area (TPSA) is 17.1 Å². The number of rotatable bonds is 0. The minimum absolute atomic E-state index is 0.189. The summed E-state index contributed by atoms with van der Waals surface area (Å²) >= 11 is 0. The Morgan fingerprint density at radius 3 is 2.40 bits per heavy atom. The van der Waals surface area contributed by atoms with Crippen LogP contribution in [0.15, 0.2) is 11.1 Å². The summed E-state index contributed by atoms with van der Waals surface area (Å²) < 4.78 is 0. The average Bonchev–Trinajstić information content (AvgIpc) is 1.93. The van der Waals surface area contributed by atoms with Gasteiger partial charge in [-0.2, -0.15) is 0 Å². The molecule has 0 aliphatic heterocycles. The molecule has 56 valence electrons. The van der Waals surface area contributed by atoms with Crippen LogP contribution in [0.1, 0.15) is 33.6 Å². The summed E-state index contributed by atoms with van der Waals surface area (Å²) in [5.41, 5.74) is 2.70. The Morgan fingerprint density at radius 1 is 1.30 bits per heavy atom. The lowest BCUT2D eigenvalue weighted by molar-refractivity contribution is -0.121. The highest BCUT2D eigenvalue weighted by molar-refractivity contribution is 5.84. The number of Topliss-reactive ketones (excluding diaryl/α,β-unsaturated/α-hetero) is 1. The molecular formula is C9H14O. The van der Waals surface area contributed by atoms with Crippen molar-refractivity contribution in [3.63, 3.8) is 0 Å². The first-order chi connectivity index (χ1) is 4.63. The largest absolute Gasteiger partial charge is 0.299 e. The van der Waals surface area contributed by atoms with E-state index in [1.165, 1.54) is 11.1 Å². The van der Waals surface area contributed by atoms with Gasteiger partial charge in [-0.3, -0.25) is 4.79 Å². The van der Waals surface area contributed by atoms with E-state index in [0.717, 1.165) is 12.8 Å². The Bertz CT molecular complexity index is 189. The van der Waals surface area contributed by atoms with Gasteiger partial charge in [-0.25, -0.2) is 0 Å². The predicted octanol–water partition coefficient (Wildman–Crippen LogP) is 2.32. The Hall–Kier alpha value is -0.590. The number of hydrogen-bond acceptors (Lipinski definition) is 1. The van der Waals surface area contributed by atoms with E-state index in [1.54, 1.807) is 0 Å². The fraction of sp³-hybridized carbons (Fsp3) is 0.667. The van der Waals surface area contributed by atoms with Gasteiger partial charge in [0.2, 0.25) is 0 Å². The van der Waals surface area contributed by atoms with Gasteiger partial charge in [-0.1, -0.05) is 18.1 Å². The molecule has 0 saturated heterocycles. The smallest absolute Gasteiger partial charge is 0.140 e. The van der Waals surface area contributed by atoms with Crippen LogP contribution in [0.25, 0.3) is 0 Å². The average molecular weight is 138 g/mol. The van der Waals surface area contributed by atoms with E-state index >= 15 is 0 Å². The molecule has 0 aromatic carbocycles. The molecule has 0 heterocycles. The number of carbonyl (C=O) groups is 1. The van der Waals surface area contributed by atoms with Gasteiger partial charge >= 0.3 is 0 Å². The van der Waals surface area contributed by atoms with Gasteiger partial charge in [0.05, 0.1) is 0 Å². The van der Waals surface area contributed by atoms with Crippen molar-refractivity contribution in [2.45, 2.75) is 33.6 Å². The van der Waals surface area contributed by atoms with Crippen LogP contribution in [0.3, 0.4) is 0 Å². The molecule has 0 aromatic rings. The van der Waals surface area contributed by atoms with Crippen molar-refractivity contribution in [1.29, 1.82) is 0 Å². The van der Waals surface area contributed by atoms with Crippen molar-refractivity contribution in [2.24, 2.45) is 5.92 Å². The molecule has 0 bridgehead atoms. The van der Waals surface area contributed by atoms with Crippen LogP contribution in [0, 0.1) is 5.92 Å². The number of allylic oxidation sites excluding steroid dienone is 2. The van der Waals surface area contributed by atoms with E-state index in [2.05, 4.69) is 13.8 Å². The molecular weight excluding hydrogens is 124 g/mol. The van der Waals surface area contributed by atoms with Gasteiger partial charge in [-0.05, 0) is 20.3 Å². The van der Waals surface area contributed by atoms with Crippen molar-refractivity contribution in [3.05, 3.63) is 11.1 Å². The third-order valence-electron chi connectivity index (χ3n) is 2.55. The summed E-state index contributed by atoms with van der Waals surface area (Å²) in [5.74, 6) is 0.594. The summed E-state index contributed by atoms with van der Waals surface area (Å²) in [6.45, 7) is 6.19. The van der Waals surface area contributed by atoms with E-state index < -0.39 is 0 Å². The zero-order valence-electron chi connectivity index (χ0n) is 6.90. The normalized spacial score (nSPS) is 27.5. The highest BCUT2D eigenvalue weighted by Crippen LogP contribution is 2.25. The van der Waals surface area contributed by atoms with Gasteiger partial charge in [0.1, 0.15) is 5.78 Å². The van der Waals surface area contributed by atoms with Gasteiger partial charge in [0, 0.05) is 12.3 Å². The molecule has 1 nitrogen and oxygen atoms in total. The maximum Gasteiger partial charge on any atom is 0.140 e. The first-order valence-electron chi connectivity index (χ1n) is 3.82. The van der Waals surface area contributed by atoms with Crippen LogP contribution in [0.2, 0.25) is 0 Å². The van der Waals surface area contributed by atoms with Gasteiger partial charge in [-0.15, -0.1) is 0 Å². The summed E-state index contributed by atoms with van der Waals surface area (Å²) in [6, 6.07) is 0. The molecule has 1 aliphatic rings. The first-order valence-corrected chi connectivity index (χ1v) is 3.82. The Balaban J connectivity index is 2.88. The van der Waals surface area contributed by atoms with Crippen molar-refractivity contribution in [3.8, 4) is 0 Å². The molecule has 0 radical (unpaired) electrons. The van der Waals surface area contributed by atoms with Crippen LogP contribution >= 0.6 is 0 Å². The molecule has 0 amide bonds. The molecule has 1 atom stereocenters. The zero-order valence-corrected chi connectivity index (χ0v) is 6.90. The third-order valence-corrected chi connectivity index (χ3v) is 2.55. The van der Waals surface area contributed by atoms with Crippen LogP contribution in [0.5, 0.6) is 0 Å². The van der Waals surface area contributed by atoms with E-state index in [9.17, 15) is 4.79 Å². The van der Waals surface area contributed by atoms with Crippen molar-refractivity contribution in [2.75, 3.05) is 0 Å². The van der Waals surface area contributed by atoms with Crippen LogP contribution in [-0.2, 0) is 4.79 Å². The number of ketones is 1. The summed E-state index contributed by atoms with van der Waals surface area (Å²) in [6.07, 6.45) is 1.74. The molecule has 0 fully saturated rings. The Morgan fingerprint density at radius 2 is 1.90 bits per heavy atom. The van der Waals surface area contributed by atoms with Crippen LogP contribution < -0.4 is 0 Å². The van der Waals surface area contributed by atoms with Gasteiger partial charge < -0.3 is 0 Å². The van der Waals surface area contributed by atoms with E-state index in [0.29, 0.717) is 5.78 Å². The molecule has 0 aromatic heterocycles. The minimum atomic E-state index is 0.189. The Kier molecular flexibility index (Phi) is 1.93. The van der Waals surface area contributed by atoms with Crippen LogP contribution in [-0.4, -0.2) is 5.78 Å². The van der Waals surface area contributed by atoms with E-state index in [1.807, 2.05) is 6.92 Å². The predicted molar refractivity (Wildman–Crippen MR) is 41.8 cm³/mol. The van der Waals surface area contributed by atoms with Crippen LogP contribution in [0.4, 0.5) is 0 Å². The van der Waals surface area contributed by atoms with Crippen molar-refractivity contribution in [1.82, 2.24) is 0 Å². The first kappa shape index (κ1) is 7.52. The SMILES string of the molecule is CC1=C(C)C(C)C(=O)CC1. The lowest BCUT2D eigenvalue weighted by atomic mass is 9.84. The monoisotopic (exact) mass is 138 g/mol. The molecule has 0 saturated carbocycles. The number of hydrogen-bond donors (Lipinski definition) is 0. The summed E-state index contributed by atoms with van der Waals surface area (Å²) in [7, 11) is 0. The molecule has 1 heteroatoms. The summed E-state index contributed by atoms with van der Waals surface area (Å²) in [5, 5.41) is 0. The van der Waals surface area contributed by atoms with E-state index in [4.69, 9.17) is 0 Å². The van der Waals surface area contributed by atoms with Gasteiger partial charge in [0.15, 0.2) is 0 Å². The molecule has 0 N–H and O–H groups in total. The maximum atomic E-state index is 11.1. The Labute approximate surface area is 62.1 Å². The highest BCUT2D eigenvalue weighted by Gasteiger charge is 2.20. The highest BCUT2D eigenvalue weighted by atomic mass is 16.1. The lowest BCUT2D eigenvalue weighted by Crippen LogP contribution is -2.17. The second-order valence-corrected chi connectivity index (χ2v) is 3.15. The maximum absolute atomic E-state index is 11.1. The van der Waals surface area contributed by atoms with Gasteiger partial charge in [0.25, 0.3) is 0 Å². The standard InChI is InChI=1S/C9H14O/c1-6-4-5-9(10)8(3)7(6)2/h8H,4-5H2,1-3H3. The second kappa shape index (κ2) is 2.57. The molecule has 1 aliphatic carbocycles. The molecule has 0 spiro atoms. The third kappa shape index (κ3) is 1.13. The van der Waals surface area contributed by atoms with E-state index in [-0.39, 0.29) is 5.92 Å². The van der Waals surface area contributed by atoms with Crippen molar-refractivity contribution >= 4 is 5.78 Å². The fourth-order valence-corrected chi connectivity index (χ4v) is 1.34. The fourth-order valence-electron chi connectivity index (χ4n) is 1.34. The molecule has 1 unspecified atom stereocenters. The molecule has 10 heavy (non-hydrogen) atoms. The zero-order chi connectivity index (χ0) is 7.72. The minimum Gasteiger partial charge on any atom is -0.299 e. The quantitative estimate of drug-likeness (QED) is 0.469. The lowest BCUT2D eigenvalue weighted by Gasteiger charge is -2.19. The van der Waals surface area contributed by atoms with Crippen molar-refractivity contribution < 1.29 is 4.79 Å².